The Morgan fingerprint density at radius 2 is 1.83 bits per heavy atom. The van der Waals surface area contributed by atoms with Crippen LogP contribution in [0, 0.1) is 5.92 Å². The molecule has 30 heavy (non-hydrogen) atoms. The highest BCUT2D eigenvalue weighted by atomic mass is 35.5. The molecule has 0 saturated carbocycles. The van der Waals surface area contributed by atoms with Gasteiger partial charge in [0, 0.05) is 26.2 Å². The maximum Gasteiger partial charge on any atom is 0.309 e. The van der Waals surface area contributed by atoms with Crippen LogP contribution in [0.1, 0.15) is 25.7 Å². The molecule has 2 fully saturated rings. The predicted octanol–water partition coefficient (Wildman–Crippen LogP) is 2.23. The molecule has 166 valence electrons. The average Bonchev–Trinajstić information content (AvgIpc) is 3.24. The molecule has 0 spiro atoms. The second kappa shape index (κ2) is 10.3. The van der Waals surface area contributed by atoms with Crippen molar-refractivity contribution in [2.75, 3.05) is 32.8 Å². The largest absolute Gasteiger partial charge is 0.455 e. The summed E-state index contributed by atoms with van der Waals surface area (Å²) >= 11 is 12.1. The SMILES string of the molecule is O=C(COC(=O)C1CCN(S(=O)(=O)c2c(Cl)cccc2Cl)CC1)NC[C@H]1CCCO1. The van der Waals surface area contributed by atoms with Gasteiger partial charge in [0.1, 0.15) is 4.90 Å². The number of hydrogen-bond donors (Lipinski definition) is 1. The van der Waals surface area contributed by atoms with Gasteiger partial charge in [0.25, 0.3) is 5.91 Å². The Labute approximate surface area is 185 Å². The van der Waals surface area contributed by atoms with Gasteiger partial charge in [0.05, 0.1) is 22.1 Å². The Balaban J connectivity index is 1.46. The van der Waals surface area contributed by atoms with Gasteiger partial charge < -0.3 is 14.8 Å². The third-order valence-corrected chi connectivity index (χ3v) is 8.06. The lowest BCUT2D eigenvalue weighted by Crippen LogP contribution is -2.41. The maximum atomic E-state index is 12.9. The van der Waals surface area contributed by atoms with E-state index in [9.17, 15) is 18.0 Å². The van der Waals surface area contributed by atoms with Crippen LogP contribution in [0.15, 0.2) is 23.1 Å². The van der Waals surface area contributed by atoms with Crippen LogP contribution in [0.2, 0.25) is 10.0 Å². The van der Waals surface area contributed by atoms with E-state index in [0.717, 1.165) is 12.8 Å². The number of amides is 1. The first-order valence-electron chi connectivity index (χ1n) is 9.78. The van der Waals surface area contributed by atoms with Crippen molar-refractivity contribution >= 4 is 45.1 Å². The molecule has 1 aromatic rings. The van der Waals surface area contributed by atoms with E-state index in [0.29, 0.717) is 13.2 Å². The summed E-state index contributed by atoms with van der Waals surface area (Å²) in [5, 5.41) is 2.79. The van der Waals surface area contributed by atoms with E-state index < -0.39 is 21.9 Å². The van der Waals surface area contributed by atoms with Crippen LogP contribution in [0.3, 0.4) is 0 Å². The Morgan fingerprint density at radius 3 is 2.43 bits per heavy atom. The van der Waals surface area contributed by atoms with Crippen molar-refractivity contribution in [3.8, 4) is 0 Å². The average molecular weight is 479 g/mol. The lowest BCUT2D eigenvalue weighted by molar-refractivity contribution is -0.153. The van der Waals surface area contributed by atoms with Crippen molar-refractivity contribution < 1.29 is 27.5 Å². The molecule has 0 unspecified atom stereocenters. The van der Waals surface area contributed by atoms with E-state index in [-0.39, 0.29) is 59.5 Å². The number of halogens is 2. The monoisotopic (exact) mass is 478 g/mol. The van der Waals surface area contributed by atoms with Crippen LogP contribution < -0.4 is 5.32 Å². The van der Waals surface area contributed by atoms with Crippen LogP contribution >= 0.6 is 23.2 Å². The summed E-state index contributed by atoms with van der Waals surface area (Å²) < 4.78 is 37.5. The molecule has 0 aliphatic carbocycles. The van der Waals surface area contributed by atoms with Gasteiger partial charge in [-0.05, 0) is 37.8 Å². The number of hydrogen-bond acceptors (Lipinski definition) is 6. The van der Waals surface area contributed by atoms with Gasteiger partial charge in [-0.3, -0.25) is 9.59 Å². The highest BCUT2D eigenvalue weighted by molar-refractivity contribution is 7.89. The smallest absolute Gasteiger partial charge is 0.309 e. The van der Waals surface area contributed by atoms with Gasteiger partial charge in [0.15, 0.2) is 6.61 Å². The molecule has 2 aliphatic rings. The fourth-order valence-electron chi connectivity index (χ4n) is 3.53. The van der Waals surface area contributed by atoms with Gasteiger partial charge in [-0.2, -0.15) is 4.31 Å². The van der Waals surface area contributed by atoms with Crippen molar-refractivity contribution in [3.63, 3.8) is 0 Å². The number of nitrogens with zero attached hydrogens (tertiary/aromatic N) is 1. The lowest BCUT2D eigenvalue weighted by atomic mass is 9.98. The molecular weight excluding hydrogens is 455 g/mol. The number of carbonyl (C=O) groups excluding carboxylic acids is 2. The normalized spacial score (nSPS) is 20.8. The van der Waals surface area contributed by atoms with E-state index in [2.05, 4.69) is 5.32 Å². The first-order chi connectivity index (χ1) is 14.3. The van der Waals surface area contributed by atoms with E-state index in [1.54, 1.807) is 6.07 Å². The Morgan fingerprint density at radius 1 is 1.17 bits per heavy atom. The Bertz CT molecular complexity index is 861. The van der Waals surface area contributed by atoms with Gasteiger partial charge in [-0.25, -0.2) is 8.42 Å². The molecule has 1 amide bonds. The molecule has 8 nitrogen and oxygen atoms in total. The first kappa shape index (κ1) is 23.3. The van der Waals surface area contributed by atoms with Crippen molar-refractivity contribution in [1.29, 1.82) is 0 Å². The second-order valence-corrected chi connectivity index (χ2v) is 9.97. The number of piperidine rings is 1. The van der Waals surface area contributed by atoms with Crippen molar-refractivity contribution in [1.82, 2.24) is 9.62 Å². The molecule has 0 bridgehead atoms. The molecule has 1 N–H and O–H groups in total. The molecule has 11 heteroatoms. The lowest BCUT2D eigenvalue weighted by Gasteiger charge is -2.30. The summed E-state index contributed by atoms with van der Waals surface area (Å²) in [5.41, 5.74) is 0. The zero-order valence-electron chi connectivity index (χ0n) is 16.3. The summed E-state index contributed by atoms with van der Waals surface area (Å²) in [6, 6.07) is 4.51. The van der Waals surface area contributed by atoms with Crippen LogP contribution in [0.25, 0.3) is 0 Å². The Hall–Kier alpha value is -1.39. The number of benzene rings is 1. The molecule has 3 rings (SSSR count). The molecule has 2 heterocycles. The van der Waals surface area contributed by atoms with Crippen LogP contribution in [0.5, 0.6) is 0 Å². The van der Waals surface area contributed by atoms with Crippen LogP contribution in [-0.2, 0) is 29.1 Å². The van der Waals surface area contributed by atoms with Crippen molar-refractivity contribution in [3.05, 3.63) is 28.2 Å². The second-order valence-electron chi connectivity index (χ2n) is 7.28. The number of sulfonamides is 1. The molecule has 2 aliphatic heterocycles. The predicted molar refractivity (Wildman–Crippen MR) is 111 cm³/mol. The fourth-order valence-corrected chi connectivity index (χ4v) is 6.09. The highest BCUT2D eigenvalue weighted by Gasteiger charge is 2.35. The van der Waals surface area contributed by atoms with E-state index in [1.807, 2.05) is 0 Å². The molecule has 0 aromatic heterocycles. The minimum absolute atomic E-state index is 0.0162. The topological polar surface area (TPSA) is 102 Å². The molecule has 2 saturated heterocycles. The van der Waals surface area contributed by atoms with E-state index in [1.165, 1.54) is 16.4 Å². The number of carbonyl (C=O) groups is 2. The summed E-state index contributed by atoms with van der Waals surface area (Å²) in [7, 11) is -3.87. The number of esters is 1. The Kier molecular flexibility index (Phi) is 7.98. The highest BCUT2D eigenvalue weighted by Crippen LogP contribution is 2.33. The van der Waals surface area contributed by atoms with Crippen LogP contribution in [0.4, 0.5) is 0 Å². The van der Waals surface area contributed by atoms with Gasteiger partial charge in [-0.15, -0.1) is 0 Å². The van der Waals surface area contributed by atoms with E-state index in [4.69, 9.17) is 32.7 Å². The minimum atomic E-state index is -3.87. The number of ether oxygens (including phenoxy) is 2. The number of nitrogens with one attached hydrogen (secondary N) is 1. The summed E-state index contributed by atoms with van der Waals surface area (Å²) in [4.78, 5) is 24.0. The quantitative estimate of drug-likeness (QED) is 0.602. The molecular formula is C19H24Cl2N2O6S. The molecule has 1 aromatic carbocycles. The molecule has 1 atom stereocenters. The maximum absolute atomic E-state index is 12.9. The summed E-state index contributed by atoms with van der Waals surface area (Å²) in [6.07, 6.45) is 2.48. The first-order valence-corrected chi connectivity index (χ1v) is 12.0. The minimum Gasteiger partial charge on any atom is -0.455 e. The van der Waals surface area contributed by atoms with Gasteiger partial charge in [0.2, 0.25) is 10.0 Å². The summed E-state index contributed by atoms with van der Waals surface area (Å²) in [6.45, 7) is 1.01. The van der Waals surface area contributed by atoms with E-state index >= 15 is 0 Å². The fraction of sp³-hybridized carbons (Fsp3) is 0.579. The standard InChI is InChI=1S/C19H24Cl2N2O6S/c20-15-4-1-5-16(21)18(15)30(26,27)23-8-6-13(7-9-23)19(25)29-12-17(24)22-11-14-3-2-10-28-14/h1,4-5,13-14H,2-3,6-12H2,(H,22,24)/t14-/m1/s1. The van der Waals surface area contributed by atoms with Crippen LogP contribution in [-0.4, -0.2) is 63.6 Å². The third-order valence-electron chi connectivity index (χ3n) is 5.20. The summed E-state index contributed by atoms with van der Waals surface area (Å²) in [5.74, 6) is -1.36. The zero-order valence-corrected chi connectivity index (χ0v) is 18.6. The third kappa shape index (κ3) is 5.64. The number of rotatable bonds is 7. The zero-order chi connectivity index (χ0) is 21.7. The van der Waals surface area contributed by atoms with Crippen molar-refractivity contribution in [2.24, 2.45) is 5.92 Å². The van der Waals surface area contributed by atoms with Gasteiger partial charge >= 0.3 is 5.97 Å². The van der Waals surface area contributed by atoms with Crippen molar-refractivity contribution in [2.45, 2.75) is 36.7 Å². The molecule has 0 radical (unpaired) electrons. The van der Waals surface area contributed by atoms with Gasteiger partial charge in [-0.1, -0.05) is 29.3 Å².